The van der Waals surface area contributed by atoms with Crippen molar-refractivity contribution in [2.75, 3.05) is 13.7 Å². The molecule has 0 aliphatic heterocycles. The molecule has 8 heteroatoms. The molecule has 0 aliphatic rings. The van der Waals surface area contributed by atoms with E-state index >= 15 is 0 Å². The van der Waals surface area contributed by atoms with Crippen LogP contribution in [0.2, 0.25) is 5.02 Å². The smallest absolute Gasteiger partial charge is 0.253 e. The number of methoxy groups -OCH3 is 1. The number of halogens is 3. The van der Waals surface area contributed by atoms with Crippen molar-refractivity contribution in [3.8, 4) is 5.69 Å². The van der Waals surface area contributed by atoms with Gasteiger partial charge in [0.1, 0.15) is 17.2 Å². The summed E-state index contributed by atoms with van der Waals surface area (Å²) in [6.07, 6.45) is 1.43. The third-order valence-electron chi connectivity index (χ3n) is 3.43. The molecule has 0 unspecified atom stereocenters. The van der Waals surface area contributed by atoms with Crippen molar-refractivity contribution in [2.45, 2.75) is 6.54 Å². The fraction of sp³-hybridized carbons (Fsp3) is 0.200. The number of benzene rings is 1. The molecule has 0 spiro atoms. The zero-order valence-electron chi connectivity index (χ0n) is 12.1. The Morgan fingerprint density at radius 2 is 2.09 bits per heavy atom. The summed E-state index contributed by atoms with van der Waals surface area (Å²) in [5.41, 5.74) is -0.0110. The van der Waals surface area contributed by atoms with E-state index in [1.54, 1.807) is 0 Å². The maximum Gasteiger partial charge on any atom is 0.253 e. The lowest BCUT2D eigenvalue weighted by Gasteiger charge is -2.12. The van der Waals surface area contributed by atoms with Gasteiger partial charge in [-0.3, -0.25) is 9.36 Å². The van der Waals surface area contributed by atoms with Gasteiger partial charge in [-0.15, -0.1) is 0 Å². The average molecular weight is 340 g/mol. The second-order valence-electron chi connectivity index (χ2n) is 4.86. The van der Waals surface area contributed by atoms with Gasteiger partial charge in [-0.25, -0.2) is 13.5 Å². The zero-order chi connectivity index (χ0) is 16.6. The highest BCUT2D eigenvalue weighted by Crippen LogP contribution is 2.25. The lowest BCUT2D eigenvalue weighted by molar-refractivity contribution is 0.187. The molecule has 0 saturated heterocycles. The minimum absolute atomic E-state index is 0.0224. The first-order chi connectivity index (χ1) is 11.0. The lowest BCUT2D eigenvalue weighted by atomic mass is 10.3. The Hall–Kier alpha value is -2.25. The number of nitrogens with zero attached hydrogens (tertiary/aromatic N) is 3. The molecule has 0 amide bonds. The number of pyridine rings is 1. The fourth-order valence-corrected chi connectivity index (χ4v) is 2.59. The first kappa shape index (κ1) is 15.6. The van der Waals surface area contributed by atoms with Crippen LogP contribution < -0.4 is 5.56 Å². The van der Waals surface area contributed by atoms with E-state index in [0.717, 1.165) is 12.1 Å². The van der Waals surface area contributed by atoms with Crippen LogP contribution in [0.3, 0.4) is 0 Å². The predicted molar refractivity (Wildman–Crippen MR) is 82.1 cm³/mol. The van der Waals surface area contributed by atoms with E-state index in [1.165, 1.54) is 34.7 Å². The van der Waals surface area contributed by atoms with Gasteiger partial charge in [0.15, 0.2) is 5.82 Å². The van der Waals surface area contributed by atoms with Gasteiger partial charge in [0.2, 0.25) is 0 Å². The summed E-state index contributed by atoms with van der Waals surface area (Å²) in [6, 6.07) is 4.40. The van der Waals surface area contributed by atoms with Crippen LogP contribution in [0.4, 0.5) is 8.78 Å². The Labute approximate surface area is 134 Å². The van der Waals surface area contributed by atoms with Gasteiger partial charge in [-0.05, 0) is 12.1 Å². The largest absolute Gasteiger partial charge is 0.383 e. The molecule has 120 valence electrons. The first-order valence-corrected chi connectivity index (χ1v) is 7.12. The molecular formula is C15H12ClF2N3O2. The van der Waals surface area contributed by atoms with Gasteiger partial charge in [0, 0.05) is 19.2 Å². The molecule has 0 N–H and O–H groups in total. The van der Waals surface area contributed by atoms with Crippen molar-refractivity contribution < 1.29 is 13.5 Å². The summed E-state index contributed by atoms with van der Waals surface area (Å²) >= 11 is 6.08. The van der Waals surface area contributed by atoms with Gasteiger partial charge in [-0.1, -0.05) is 11.6 Å². The maximum absolute atomic E-state index is 14.1. The molecule has 0 saturated carbocycles. The second kappa shape index (κ2) is 6.10. The van der Waals surface area contributed by atoms with Crippen molar-refractivity contribution >= 4 is 22.6 Å². The van der Waals surface area contributed by atoms with E-state index in [4.69, 9.17) is 16.3 Å². The molecule has 0 radical (unpaired) electrons. The van der Waals surface area contributed by atoms with Crippen LogP contribution in [0, 0.1) is 11.6 Å². The van der Waals surface area contributed by atoms with Gasteiger partial charge < -0.3 is 4.74 Å². The standard InChI is InChI=1S/C15H12ClF2N3O2/c1-23-5-4-20-14(22)7-11(16)10-8-19-21(15(10)20)13-3-2-9(17)6-12(13)18/h2-3,6-8H,4-5H2,1H3. The van der Waals surface area contributed by atoms with Crippen LogP contribution in [0.15, 0.2) is 35.3 Å². The van der Waals surface area contributed by atoms with Gasteiger partial charge in [0.25, 0.3) is 5.56 Å². The molecule has 2 aromatic heterocycles. The maximum atomic E-state index is 14.1. The van der Waals surface area contributed by atoms with Crippen LogP contribution in [-0.2, 0) is 11.3 Å². The summed E-state index contributed by atoms with van der Waals surface area (Å²) < 4.78 is 34.8. The molecule has 3 rings (SSSR count). The van der Waals surface area contributed by atoms with Crippen molar-refractivity contribution in [2.24, 2.45) is 0 Å². The summed E-state index contributed by atoms with van der Waals surface area (Å²) in [6.45, 7) is 0.533. The topological polar surface area (TPSA) is 49.1 Å². The molecule has 0 bridgehead atoms. The van der Waals surface area contributed by atoms with E-state index in [0.29, 0.717) is 11.0 Å². The van der Waals surface area contributed by atoms with Crippen LogP contribution >= 0.6 is 11.6 Å². The molecule has 3 aromatic rings. The first-order valence-electron chi connectivity index (χ1n) is 6.74. The molecule has 2 heterocycles. The minimum Gasteiger partial charge on any atom is -0.383 e. The number of rotatable bonds is 4. The summed E-state index contributed by atoms with van der Waals surface area (Å²) in [4.78, 5) is 12.2. The van der Waals surface area contributed by atoms with Crippen molar-refractivity contribution in [3.05, 3.63) is 57.5 Å². The van der Waals surface area contributed by atoms with E-state index in [9.17, 15) is 13.6 Å². The summed E-state index contributed by atoms with van der Waals surface area (Å²) in [5, 5.41) is 4.80. The van der Waals surface area contributed by atoms with E-state index in [1.807, 2.05) is 0 Å². The van der Waals surface area contributed by atoms with E-state index < -0.39 is 11.6 Å². The number of fused-ring (bicyclic) bond motifs is 1. The van der Waals surface area contributed by atoms with Crippen LogP contribution in [0.1, 0.15) is 0 Å². The molecule has 0 atom stereocenters. The predicted octanol–water partition coefficient (Wildman–Crippen LogP) is 2.77. The SMILES string of the molecule is COCCn1c(=O)cc(Cl)c2cnn(-c3ccc(F)cc3F)c21. The second-order valence-corrected chi connectivity index (χ2v) is 5.27. The highest BCUT2D eigenvalue weighted by molar-refractivity contribution is 6.35. The van der Waals surface area contributed by atoms with Gasteiger partial charge >= 0.3 is 0 Å². The molecule has 5 nitrogen and oxygen atoms in total. The Morgan fingerprint density at radius 1 is 1.30 bits per heavy atom. The minimum atomic E-state index is -0.791. The summed E-state index contributed by atoms with van der Waals surface area (Å²) in [7, 11) is 1.51. The van der Waals surface area contributed by atoms with Crippen molar-refractivity contribution in [3.63, 3.8) is 0 Å². The average Bonchev–Trinajstić information content (AvgIpc) is 2.92. The molecule has 0 fully saturated rings. The van der Waals surface area contributed by atoms with Gasteiger partial charge in [0.05, 0.1) is 29.8 Å². The summed E-state index contributed by atoms with van der Waals surface area (Å²) in [5.74, 6) is -1.49. The Morgan fingerprint density at radius 3 is 2.78 bits per heavy atom. The molecular weight excluding hydrogens is 328 g/mol. The third-order valence-corrected chi connectivity index (χ3v) is 3.74. The fourth-order valence-electron chi connectivity index (χ4n) is 2.37. The van der Waals surface area contributed by atoms with Crippen LogP contribution in [0.5, 0.6) is 0 Å². The van der Waals surface area contributed by atoms with E-state index in [2.05, 4.69) is 5.10 Å². The normalized spacial score (nSPS) is 11.3. The highest BCUT2D eigenvalue weighted by atomic mass is 35.5. The number of aromatic nitrogens is 3. The van der Waals surface area contributed by atoms with E-state index in [-0.39, 0.29) is 29.4 Å². The zero-order valence-corrected chi connectivity index (χ0v) is 12.8. The third kappa shape index (κ3) is 2.73. The Bertz CT molecular complexity index is 936. The number of hydrogen-bond acceptors (Lipinski definition) is 3. The molecule has 23 heavy (non-hydrogen) atoms. The van der Waals surface area contributed by atoms with Crippen LogP contribution in [-0.4, -0.2) is 28.1 Å². The van der Waals surface area contributed by atoms with Crippen molar-refractivity contribution in [1.82, 2.24) is 14.3 Å². The Balaban J connectivity index is 2.31. The quantitative estimate of drug-likeness (QED) is 0.734. The lowest BCUT2D eigenvalue weighted by Crippen LogP contribution is -2.23. The molecule has 1 aromatic carbocycles. The van der Waals surface area contributed by atoms with Gasteiger partial charge in [-0.2, -0.15) is 5.10 Å². The number of ether oxygens (including phenoxy) is 1. The molecule has 0 aliphatic carbocycles. The highest BCUT2D eigenvalue weighted by Gasteiger charge is 2.17. The van der Waals surface area contributed by atoms with Crippen LogP contribution in [0.25, 0.3) is 16.7 Å². The Kier molecular flexibility index (Phi) is 4.14. The monoisotopic (exact) mass is 339 g/mol. The van der Waals surface area contributed by atoms with Crippen molar-refractivity contribution in [1.29, 1.82) is 0 Å². The number of hydrogen-bond donors (Lipinski definition) is 0.